The number of fused-ring (bicyclic) bond motifs is 3. The maximum absolute atomic E-state index is 12.9. The van der Waals surface area contributed by atoms with Crippen molar-refractivity contribution in [3.63, 3.8) is 0 Å². The van der Waals surface area contributed by atoms with Crippen molar-refractivity contribution in [1.82, 2.24) is 9.78 Å². The van der Waals surface area contributed by atoms with Gasteiger partial charge in [0.25, 0.3) is 5.56 Å². The highest BCUT2D eigenvalue weighted by Crippen LogP contribution is 2.39. The van der Waals surface area contributed by atoms with Crippen molar-refractivity contribution in [2.45, 2.75) is 62.4 Å². The summed E-state index contributed by atoms with van der Waals surface area (Å²) in [6.45, 7) is 0. The standard InChI is InChI=1S/C16H20N2OS2/c1-20-15-13-11-8-5-9-12(11)21-14(13)16(19)18(17-15)10-6-3-2-4-7-10/h10H,2-9H2,1H3. The first-order chi connectivity index (χ1) is 10.3. The number of aryl methyl sites for hydroxylation is 2. The molecule has 1 fully saturated rings. The molecule has 0 aliphatic heterocycles. The summed E-state index contributed by atoms with van der Waals surface area (Å²) in [7, 11) is 0. The van der Waals surface area contributed by atoms with Gasteiger partial charge in [0.1, 0.15) is 9.73 Å². The van der Waals surface area contributed by atoms with Crippen molar-refractivity contribution in [2.24, 2.45) is 0 Å². The molecule has 2 aliphatic carbocycles. The molecule has 0 saturated heterocycles. The van der Waals surface area contributed by atoms with E-state index in [1.165, 1.54) is 41.5 Å². The SMILES string of the molecule is CSc1nn(C2CCCCC2)c(=O)c2sc3c(c12)CCC3. The minimum absolute atomic E-state index is 0.161. The van der Waals surface area contributed by atoms with Gasteiger partial charge >= 0.3 is 0 Å². The third kappa shape index (κ3) is 2.16. The highest BCUT2D eigenvalue weighted by atomic mass is 32.2. The summed E-state index contributed by atoms with van der Waals surface area (Å²) in [5.74, 6) is 0. The topological polar surface area (TPSA) is 34.9 Å². The number of thioether (sulfide) groups is 1. The van der Waals surface area contributed by atoms with Crippen molar-refractivity contribution in [3.8, 4) is 0 Å². The smallest absolute Gasteiger partial charge is 0.266 e. The van der Waals surface area contributed by atoms with E-state index in [4.69, 9.17) is 5.10 Å². The third-order valence-corrected chi connectivity index (χ3v) is 6.80. The average molecular weight is 320 g/mol. The van der Waals surface area contributed by atoms with Gasteiger partial charge in [-0.1, -0.05) is 19.3 Å². The second-order valence-corrected chi connectivity index (χ2v) is 8.01. The van der Waals surface area contributed by atoms with Crippen LogP contribution < -0.4 is 5.56 Å². The van der Waals surface area contributed by atoms with E-state index in [0.29, 0.717) is 6.04 Å². The van der Waals surface area contributed by atoms with Crippen LogP contribution in [0.4, 0.5) is 0 Å². The number of aromatic nitrogens is 2. The maximum Gasteiger partial charge on any atom is 0.285 e. The Morgan fingerprint density at radius 3 is 2.76 bits per heavy atom. The van der Waals surface area contributed by atoms with E-state index in [1.54, 1.807) is 23.1 Å². The lowest BCUT2D eigenvalue weighted by Crippen LogP contribution is -2.28. The van der Waals surface area contributed by atoms with E-state index in [-0.39, 0.29) is 5.56 Å². The van der Waals surface area contributed by atoms with Gasteiger partial charge in [-0.25, -0.2) is 4.68 Å². The van der Waals surface area contributed by atoms with Gasteiger partial charge in [0, 0.05) is 10.3 Å². The fourth-order valence-electron chi connectivity index (χ4n) is 3.79. The molecule has 0 N–H and O–H groups in total. The molecule has 0 radical (unpaired) electrons. The van der Waals surface area contributed by atoms with E-state index in [0.717, 1.165) is 35.4 Å². The summed E-state index contributed by atoms with van der Waals surface area (Å²) in [5, 5.41) is 7.01. The van der Waals surface area contributed by atoms with Crippen molar-refractivity contribution in [3.05, 3.63) is 20.8 Å². The van der Waals surface area contributed by atoms with Crippen LogP contribution in [0, 0.1) is 0 Å². The molecule has 0 atom stereocenters. The van der Waals surface area contributed by atoms with Crippen molar-refractivity contribution >= 4 is 33.2 Å². The molecule has 112 valence electrons. The number of nitrogens with zero attached hydrogens (tertiary/aromatic N) is 2. The Bertz CT molecular complexity index is 741. The monoisotopic (exact) mass is 320 g/mol. The molecule has 2 aromatic rings. The molecule has 2 heterocycles. The second kappa shape index (κ2) is 5.43. The first kappa shape index (κ1) is 13.8. The first-order valence-corrected chi connectivity index (χ1v) is 9.95. The summed E-state index contributed by atoms with van der Waals surface area (Å²) < 4.78 is 2.78. The minimum Gasteiger partial charge on any atom is -0.266 e. The van der Waals surface area contributed by atoms with Crippen molar-refractivity contribution in [1.29, 1.82) is 0 Å². The van der Waals surface area contributed by atoms with E-state index in [9.17, 15) is 4.79 Å². The molecule has 0 spiro atoms. The van der Waals surface area contributed by atoms with Gasteiger partial charge in [-0.3, -0.25) is 4.79 Å². The van der Waals surface area contributed by atoms with Crippen LogP contribution in [0.15, 0.2) is 9.82 Å². The Balaban J connectivity index is 1.93. The molecule has 3 nitrogen and oxygen atoms in total. The molecule has 5 heteroatoms. The molecule has 2 aliphatic rings. The summed E-state index contributed by atoms with van der Waals surface area (Å²) in [5.41, 5.74) is 1.58. The fourth-order valence-corrected chi connectivity index (χ4v) is 5.78. The van der Waals surface area contributed by atoms with E-state index in [2.05, 4.69) is 6.26 Å². The van der Waals surface area contributed by atoms with Crippen LogP contribution in [0.5, 0.6) is 0 Å². The van der Waals surface area contributed by atoms with Gasteiger partial charge in [0.05, 0.1) is 6.04 Å². The molecule has 0 unspecified atom stereocenters. The molecular weight excluding hydrogens is 300 g/mol. The zero-order chi connectivity index (χ0) is 14.4. The highest BCUT2D eigenvalue weighted by molar-refractivity contribution is 7.98. The predicted octanol–water partition coefficient (Wildman–Crippen LogP) is 4.17. The quantitative estimate of drug-likeness (QED) is 0.779. The number of hydrogen-bond donors (Lipinski definition) is 0. The average Bonchev–Trinajstić information content (AvgIpc) is 3.10. The lowest BCUT2D eigenvalue weighted by atomic mass is 9.96. The molecule has 0 bridgehead atoms. The molecule has 0 amide bonds. The van der Waals surface area contributed by atoms with Gasteiger partial charge in [-0.15, -0.1) is 23.1 Å². The summed E-state index contributed by atoms with van der Waals surface area (Å²) in [6, 6.07) is 0.318. The van der Waals surface area contributed by atoms with Crippen LogP contribution >= 0.6 is 23.1 Å². The molecule has 0 aromatic carbocycles. The molecule has 21 heavy (non-hydrogen) atoms. The van der Waals surface area contributed by atoms with E-state index in [1.807, 2.05) is 4.68 Å². The molecule has 1 saturated carbocycles. The second-order valence-electron chi connectivity index (χ2n) is 6.11. The molecule has 2 aromatic heterocycles. The Kier molecular flexibility index (Phi) is 3.58. The van der Waals surface area contributed by atoms with E-state index >= 15 is 0 Å². The number of hydrogen-bond acceptors (Lipinski definition) is 4. The predicted molar refractivity (Wildman–Crippen MR) is 89.8 cm³/mol. The highest BCUT2D eigenvalue weighted by Gasteiger charge is 2.26. The van der Waals surface area contributed by atoms with Crippen LogP contribution in [0.25, 0.3) is 10.1 Å². The van der Waals surface area contributed by atoms with E-state index < -0.39 is 0 Å². The van der Waals surface area contributed by atoms with Gasteiger partial charge < -0.3 is 0 Å². The van der Waals surface area contributed by atoms with Crippen LogP contribution in [-0.4, -0.2) is 16.0 Å². The lowest BCUT2D eigenvalue weighted by molar-refractivity contribution is 0.315. The lowest BCUT2D eigenvalue weighted by Gasteiger charge is -2.23. The maximum atomic E-state index is 12.9. The van der Waals surface area contributed by atoms with Crippen molar-refractivity contribution in [2.75, 3.05) is 6.26 Å². The normalized spacial score (nSPS) is 19.3. The first-order valence-electron chi connectivity index (χ1n) is 7.90. The molecular formula is C16H20N2OS2. The largest absolute Gasteiger partial charge is 0.285 e. The Hall–Kier alpha value is -0.810. The minimum atomic E-state index is 0.161. The Morgan fingerprint density at radius 2 is 2.00 bits per heavy atom. The van der Waals surface area contributed by atoms with Gasteiger partial charge in [0.15, 0.2) is 0 Å². The number of rotatable bonds is 2. The third-order valence-electron chi connectivity index (χ3n) is 4.85. The fraction of sp³-hybridized carbons (Fsp3) is 0.625. The Labute approximate surface area is 132 Å². The summed E-state index contributed by atoms with van der Waals surface area (Å²) >= 11 is 3.43. The summed E-state index contributed by atoms with van der Waals surface area (Å²) in [4.78, 5) is 14.3. The van der Waals surface area contributed by atoms with Crippen LogP contribution in [-0.2, 0) is 12.8 Å². The van der Waals surface area contributed by atoms with Crippen LogP contribution in [0.2, 0.25) is 0 Å². The van der Waals surface area contributed by atoms with Gasteiger partial charge in [-0.05, 0) is 43.9 Å². The number of thiophene rings is 1. The van der Waals surface area contributed by atoms with Crippen LogP contribution in [0.3, 0.4) is 0 Å². The Morgan fingerprint density at radius 1 is 1.19 bits per heavy atom. The van der Waals surface area contributed by atoms with Crippen LogP contribution in [0.1, 0.15) is 55.0 Å². The molecule has 4 rings (SSSR count). The zero-order valence-electron chi connectivity index (χ0n) is 12.4. The van der Waals surface area contributed by atoms with Crippen molar-refractivity contribution < 1.29 is 0 Å². The zero-order valence-corrected chi connectivity index (χ0v) is 14.0. The van der Waals surface area contributed by atoms with Gasteiger partial charge in [0.2, 0.25) is 0 Å². The summed E-state index contributed by atoms with van der Waals surface area (Å²) in [6.07, 6.45) is 11.6. The van der Waals surface area contributed by atoms with Gasteiger partial charge in [-0.2, -0.15) is 5.10 Å².